The summed E-state index contributed by atoms with van der Waals surface area (Å²) < 4.78 is 0. The Bertz CT molecular complexity index is 662. The second-order valence-corrected chi connectivity index (χ2v) is 5.73. The summed E-state index contributed by atoms with van der Waals surface area (Å²) in [6, 6.07) is 7.44. The number of rotatable bonds is 4. The van der Waals surface area contributed by atoms with Gasteiger partial charge in [-0.1, -0.05) is 24.3 Å². The number of aliphatic hydroxyl groups is 1. The van der Waals surface area contributed by atoms with Gasteiger partial charge in [0.25, 0.3) is 5.91 Å². The van der Waals surface area contributed by atoms with Crippen LogP contribution in [0.15, 0.2) is 30.5 Å². The number of amides is 1. The average Bonchev–Trinajstić information content (AvgIpc) is 2.44. The van der Waals surface area contributed by atoms with Crippen molar-refractivity contribution in [2.24, 2.45) is 0 Å². The van der Waals surface area contributed by atoms with E-state index in [-0.39, 0.29) is 12.5 Å². The van der Waals surface area contributed by atoms with Gasteiger partial charge in [0.15, 0.2) is 0 Å². The van der Waals surface area contributed by atoms with E-state index in [2.05, 4.69) is 4.98 Å². The molecule has 21 heavy (non-hydrogen) atoms. The van der Waals surface area contributed by atoms with Gasteiger partial charge in [0.1, 0.15) is 5.82 Å². The van der Waals surface area contributed by atoms with E-state index in [1.54, 1.807) is 18.7 Å². The molecule has 0 aliphatic heterocycles. The Morgan fingerprint density at radius 2 is 1.95 bits per heavy atom. The van der Waals surface area contributed by atoms with Crippen LogP contribution in [0.5, 0.6) is 0 Å². The molecular formula is C16H21N3O2. The standard InChI is InChI=1S/C16H21N3O2/c1-4-19(10-16(2,3)21)15(20)13-9-18-14(17)12-8-6-5-7-11(12)13/h5-9,21H,4,10H2,1-3H3,(H2,17,18). The van der Waals surface area contributed by atoms with E-state index in [0.717, 1.165) is 10.8 Å². The lowest BCUT2D eigenvalue weighted by atomic mass is 10.0. The largest absolute Gasteiger partial charge is 0.389 e. The first kappa shape index (κ1) is 15.3. The van der Waals surface area contributed by atoms with E-state index in [0.29, 0.717) is 17.9 Å². The monoisotopic (exact) mass is 287 g/mol. The number of carbonyl (C=O) groups is 1. The summed E-state index contributed by atoms with van der Waals surface area (Å²) in [6.45, 7) is 6.03. The number of pyridine rings is 1. The smallest absolute Gasteiger partial charge is 0.256 e. The topological polar surface area (TPSA) is 79.5 Å². The summed E-state index contributed by atoms with van der Waals surface area (Å²) >= 11 is 0. The maximum absolute atomic E-state index is 12.7. The van der Waals surface area contributed by atoms with Gasteiger partial charge in [-0.3, -0.25) is 4.79 Å². The molecule has 0 atom stereocenters. The van der Waals surface area contributed by atoms with Crippen molar-refractivity contribution in [1.82, 2.24) is 9.88 Å². The normalized spacial score (nSPS) is 11.6. The number of aromatic nitrogens is 1. The second kappa shape index (κ2) is 5.69. The molecule has 1 heterocycles. The van der Waals surface area contributed by atoms with Gasteiger partial charge in [-0.15, -0.1) is 0 Å². The van der Waals surface area contributed by atoms with E-state index >= 15 is 0 Å². The molecule has 2 aromatic rings. The van der Waals surface area contributed by atoms with Crippen molar-refractivity contribution in [3.05, 3.63) is 36.0 Å². The van der Waals surface area contributed by atoms with E-state index in [1.165, 1.54) is 6.20 Å². The summed E-state index contributed by atoms with van der Waals surface area (Å²) in [5, 5.41) is 11.5. The van der Waals surface area contributed by atoms with Crippen LogP contribution < -0.4 is 5.73 Å². The van der Waals surface area contributed by atoms with E-state index < -0.39 is 5.60 Å². The molecule has 5 heteroatoms. The highest BCUT2D eigenvalue weighted by Crippen LogP contribution is 2.23. The second-order valence-electron chi connectivity index (χ2n) is 5.73. The highest BCUT2D eigenvalue weighted by molar-refractivity contribution is 6.08. The number of nitrogens with two attached hydrogens (primary N) is 1. The molecule has 0 radical (unpaired) electrons. The number of nitrogens with zero attached hydrogens (tertiary/aromatic N) is 2. The number of fused-ring (bicyclic) bond motifs is 1. The molecule has 112 valence electrons. The number of likely N-dealkylation sites (N-methyl/N-ethyl adjacent to an activating group) is 1. The average molecular weight is 287 g/mol. The SMILES string of the molecule is CCN(CC(C)(C)O)C(=O)c1cnc(N)c2ccccc12. The van der Waals surface area contributed by atoms with Gasteiger partial charge in [-0.05, 0) is 26.2 Å². The molecule has 0 fully saturated rings. The van der Waals surface area contributed by atoms with Crippen molar-refractivity contribution in [2.45, 2.75) is 26.4 Å². The predicted molar refractivity (Wildman–Crippen MR) is 84.0 cm³/mol. The fourth-order valence-corrected chi connectivity index (χ4v) is 2.35. The summed E-state index contributed by atoms with van der Waals surface area (Å²) in [7, 11) is 0. The van der Waals surface area contributed by atoms with Crippen molar-refractivity contribution in [3.8, 4) is 0 Å². The molecular weight excluding hydrogens is 266 g/mol. The highest BCUT2D eigenvalue weighted by atomic mass is 16.3. The molecule has 0 saturated carbocycles. The van der Waals surface area contributed by atoms with Crippen molar-refractivity contribution < 1.29 is 9.90 Å². The lowest BCUT2D eigenvalue weighted by molar-refractivity contribution is 0.0315. The van der Waals surface area contributed by atoms with E-state index in [1.807, 2.05) is 31.2 Å². The van der Waals surface area contributed by atoms with Gasteiger partial charge in [0.05, 0.1) is 11.2 Å². The lowest BCUT2D eigenvalue weighted by Gasteiger charge is -2.28. The van der Waals surface area contributed by atoms with Crippen molar-refractivity contribution >= 4 is 22.5 Å². The van der Waals surface area contributed by atoms with Crippen molar-refractivity contribution in [1.29, 1.82) is 0 Å². The molecule has 1 amide bonds. The number of hydrogen-bond donors (Lipinski definition) is 2. The lowest BCUT2D eigenvalue weighted by Crippen LogP contribution is -2.42. The zero-order chi connectivity index (χ0) is 15.6. The van der Waals surface area contributed by atoms with Gasteiger partial charge >= 0.3 is 0 Å². The molecule has 3 N–H and O–H groups in total. The third-order valence-electron chi connectivity index (χ3n) is 3.30. The van der Waals surface area contributed by atoms with Gasteiger partial charge in [0, 0.05) is 24.7 Å². The molecule has 0 saturated heterocycles. The Morgan fingerprint density at radius 1 is 1.33 bits per heavy atom. The first-order chi connectivity index (χ1) is 9.83. The van der Waals surface area contributed by atoms with Gasteiger partial charge in [-0.2, -0.15) is 0 Å². The Hall–Kier alpha value is -2.14. The number of carbonyl (C=O) groups excluding carboxylic acids is 1. The van der Waals surface area contributed by atoms with E-state index in [4.69, 9.17) is 5.73 Å². The van der Waals surface area contributed by atoms with Crippen LogP contribution in [0.25, 0.3) is 10.8 Å². The number of hydrogen-bond acceptors (Lipinski definition) is 4. The quantitative estimate of drug-likeness (QED) is 0.902. The zero-order valence-corrected chi connectivity index (χ0v) is 12.6. The van der Waals surface area contributed by atoms with Crippen LogP contribution >= 0.6 is 0 Å². The molecule has 1 aromatic carbocycles. The Morgan fingerprint density at radius 3 is 2.52 bits per heavy atom. The Labute approximate surface area is 124 Å². The predicted octanol–water partition coefficient (Wildman–Crippen LogP) is 2.05. The van der Waals surface area contributed by atoms with Crippen LogP contribution in [0.4, 0.5) is 5.82 Å². The van der Waals surface area contributed by atoms with Crippen molar-refractivity contribution in [3.63, 3.8) is 0 Å². The van der Waals surface area contributed by atoms with Crippen LogP contribution in [0, 0.1) is 0 Å². The Balaban J connectivity index is 2.46. The van der Waals surface area contributed by atoms with Crippen molar-refractivity contribution in [2.75, 3.05) is 18.8 Å². The molecule has 0 aliphatic rings. The molecule has 0 unspecified atom stereocenters. The van der Waals surface area contributed by atoms with Crippen LogP contribution in [0.2, 0.25) is 0 Å². The van der Waals surface area contributed by atoms with Gasteiger partial charge in [-0.25, -0.2) is 4.98 Å². The van der Waals surface area contributed by atoms with Crippen LogP contribution in [0.1, 0.15) is 31.1 Å². The van der Waals surface area contributed by atoms with Crippen LogP contribution in [-0.2, 0) is 0 Å². The summed E-state index contributed by atoms with van der Waals surface area (Å²) in [5.41, 5.74) is 5.42. The Kier molecular flexibility index (Phi) is 4.14. The maximum atomic E-state index is 12.7. The minimum absolute atomic E-state index is 0.150. The number of anilines is 1. The molecule has 2 rings (SSSR count). The first-order valence-electron chi connectivity index (χ1n) is 6.98. The molecule has 5 nitrogen and oxygen atoms in total. The van der Waals surface area contributed by atoms with Gasteiger partial charge < -0.3 is 15.7 Å². The van der Waals surface area contributed by atoms with Crippen LogP contribution in [-0.4, -0.2) is 39.6 Å². The summed E-state index contributed by atoms with van der Waals surface area (Å²) in [5.74, 6) is 0.260. The zero-order valence-electron chi connectivity index (χ0n) is 12.6. The summed E-state index contributed by atoms with van der Waals surface area (Å²) in [6.07, 6.45) is 1.51. The van der Waals surface area contributed by atoms with Crippen LogP contribution in [0.3, 0.4) is 0 Å². The third-order valence-corrected chi connectivity index (χ3v) is 3.30. The van der Waals surface area contributed by atoms with Gasteiger partial charge in [0.2, 0.25) is 0 Å². The minimum Gasteiger partial charge on any atom is -0.389 e. The maximum Gasteiger partial charge on any atom is 0.256 e. The summed E-state index contributed by atoms with van der Waals surface area (Å²) in [4.78, 5) is 18.4. The third kappa shape index (κ3) is 3.31. The molecule has 0 aliphatic carbocycles. The highest BCUT2D eigenvalue weighted by Gasteiger charge is 2.23. The number of nitrogen functional groups attached to an aromatic ring is 1. The molecule has 0 bridgehead atoms. The fourth-order valence-electron chi connectivity index (χ4n) is 2.35. The van der Waals surface area contributed by atoms with E-state index in [9.17, 15) is 9.90 Å². The minimum atomic E-state index is -0.942. The number of benzene rings is 1. The fraction of sp³-hybridized carbons (Fsp3) is 0.375. The first-order valence-corrected chi connectivity index (χ1v) is 6.98. The molecule has 1 aromatic heterocycles. The molecule has 0 spiro atoms.